The number of nitrogens with one attached hydrogen (secondary N) is 3. The van der Waals surface area contributed by atoms with Crippen LogP contribution in [0.25, 0.3) is 0 Å². The molecule has 5 N–H and O–H groups in total. The first-order chi connectivity index (χ1) is 8.87. The smallest absolute Gasteiger partial charge is 0.278 e. The zero-order valence-electron chi connectivity index (χ0n) is 11.4. The molecule has 2 saturated carbocycles. The Hall–Kier alpha value is -0.660. The molecule has 0 aliphatic heterocycles. The lowest BCUT2D eigenvalue weighted by atomic mass is 9.75. The third-order valence-electron chi connectivity index (χ3n) is 4.28. The summed E-state index contributed by atoms with van der Waals surface area (Å²) in [6.07, 6.45) is 5.96. The lowest BCUT2D eigenvalue weighted by molar-refractivity contribution is 0.265. The number of rotatable bonds is 6. The minimum atomic E-state index is -3.57. The van der Waals surface area contributed by atoms with Crippen LogP contribution >= 0.6 is 0 Å². The Labute approximate surface area is 115 Å². The van der Waals surface area contributed by atoms with Gasteiger partial charge in [0.15, 0.2) is 0 Å². The molecule has 0 aromatic heterocycles. The average Bonchev–Trinajstić information content (AvgIpc) is 3.12. The van der Waals surface area contributed by atoms with Gasteiger partial charge < -0.3 is 5.73 Å². The predicted octanol–water partition coefficient (Wildman–Crippen LogP) is 0.848. The Morgan fingerprint density at radius 3 is 2.32 bits per heavy atom. The molecule has 0 aromatic rings. The summed E-state index contributed by atoms with van der Waals surface area (Å²) in [6, 6.07) is 0.0634. The Kier molecular flexibility index (Phi) is 4.17. The van der Waals surface area contributed by atoms with Gasteiger partial charge in [-0.1, -0.05) is 13.3 Å². The Bertz CT molecular complexity index is 437. The predicted molar refractivity (Wildman–Crippen MR) is 75.1 cm³/mol. The third-order valence-corrected chi connectivity index (χ3v) is 5.58. The number of hydrogen-bond donors (Lipinski definition) is 4. The van der Waals surface area contributed by atoms with Crippen LogP contribution in [0, 0.1) is 11.3 Å². The topological polar surface area (TPSA) is 108 Å². The van der Waals surface area contributed by atoms with Crippen LogP contribution in [0.2, 0.25) is 0 Å². The zero-order valence-corrected chi connectivity index (χ0v) is 12.2. The van der Waals surface area contributed by atoms with Crippen LogP contribution in [-0.4, -0.2) is 25.8 Å². The summed E-state index contributed by atoms with van der Waals surface area (Å²) in [4.78, 5) is 0. The monoisotopic (exact) mass is 288 g/mol. The highest BCUT2D eigenvalue weighted by atomic mass is 32.2. The van der Waals surface area contributed by atoms with Crippen molar-refractivity contribution in [3.8, 4) is 0 Å². The van der Waals surface area contributed by atoms with Gasteiger partial charge in [0.2, 0.25) is 0 Å². The molecule has 0 bridgehead atoms. The molecule has 110 valence electrons. The molecule has 0 heterocycles. The van der Waals surface area contributed by atoms with Crippen molar-refractivity contribution in [2.45, 2.75) is 63.5 Å². The van der Waals surface area contributed by atoms with Gasteiger partial charge in [-0.05, 0) is 44.4 Å². The molecule has 7 heteroatoms. The second-order valence-corrected chi connectivity index (χ2v) is 7.29. The van der Waals surface area contributed by atoms with Crippen LogP contribution in [0.3, 0.4) is 0 Å². The molecule has 19 heavy (non-hydrogen) atoms. The fraction of sp³-hybridized carbons (Fsp3) is 0.917. The minimum absolute atomic E-state index is 0.0634. The summed E-state index contributed by atoms with van der Waals surface area (Å²) in [5.74, 6) is 0.552. The standard InChI is InChI=1S/C12H24N4O2S/c1-2-9-5-7-12(8-6-9,11(13)14)16-19(17,18)15-10-3-4-10/h9-10,15-16H,2-8H2,1H3,(H3,13,14). The average molecular weight is 288 g/mol. The van der Waals surface area contributed by atoms with E-state index in [1.807, 2.05) is 0 Å². The molecule has 0 unspecified atom stereocenters. The van der Waals surface area contributed by atoms with Gasteiger partial charge in [-0.25, -0.2) is 0 Å². The van der Waals surface area contributed by atoms with Gasteiger partial charge in [-0.15, -0.1) is 0 Å². The molecule has 0 saturated heterocycles. The summed E-state index contributed by atoms with van der Waals surface area (Å²) in [5.41, 5.74) is 4.79. The molecule has 2 aliphatic carbocycles. The summed E-state index contributed by atoms with van der Waals surface area (Å²) >= 11 is 0. The Balaban J connectivity index is 2.05. The molecule has 2 fully saturated rings. The second kappa shape index (κ2) is 5.38. The van der Waals surface area contributed by atoms with E-state index in [1.54, 1.807) is 0 Å². The first-order valence-corrected chi connectivity index (χ1v) is 8.51. The van der Waals surface area contributed by atoms with Gasteiger partial charge in [-0.3, -0.25) is 5.41 Å². The van der Waals surface area contributed by atoms with E-state index < -0.39 is 15.7 Å². The van der Waals surface area contributed by atoms with Crippen molar-refractivity contribution in [3.63, 3.8) is 0 Å². The van der Waals surface area contributed by atoms with E-state index in [4.69, 9.17) is 11.1 Å². The first-order valence-electron chi connectivity index (χ1n) is 7.02. The van der Waals surface area contributed by atoms with Crippen LogP contribution in [-0.2, 0) is 10.2 Å². The molecule has 0 radical (unpaired) electrons. The maximum absolute atomic E-state index is 12.0. The van der Waals surface area contributed by atoms with E-state index in [-0.39, 0.29) is 11.9 Å². The number of amidine groups is 1. The van der Waals surface area contributed by atoms with Gasteiger partial charge in [0.05, 0.1) is 5.54 Å². The van der Waals surface area contributed by atoms with Crippen LogP contribution < -0.4 is 15.2 Å². The third kappa shape index (κ3) is 3.67. The van der Waals surface area contributed by atoms with Crippen LogP contribution in [0.1, 0.15) is 51.9 Å². The first kappa shape index (κ1) is 14.7. The van der Waals surface area contributed by atoms with Crippen molar-refractivity contribution in [1.82, 2.24) is 9.44 Å². The molecular weight excluding hydrogens is 264 g/mol. The van der Waals surface area contributed by atoms with Crippen molar-refractivity contribution in [3.05, 3.63) is 0 Å². The lowest BCUT2D eigenvalue weighted by Crippen LogP contribution is -2.61. The molecule has 0 aromatic carbocycles. The van der Waals surface area contributed by atoms with E-state index in [0.717, 1.165) is 32.1 Å². The molecule has 2 aliphatic rings. The maximum atomic E-state index is 12.0. The van der Waals surface area contributed by atoms with Gasteiger partial charge in [-0.2, -0.15) is 17.9 Å². The SMILES string of the molecule is CCC1CCC(NS(=O)(=O)NC2CC2)(C(=N)N)CC1. The largest absolute Gasteiger partial charge is 0.386 e. The highest BCUT2D eigenvalue weighted by molar-refractivity contribution is 7.87. The van der Waals surface area contributed by atoms with E-state index in [9.17, 15) is 8.42 Å². The second-order valence-electron chi connectivity index (χ2n) is 5.85. The van der Waals surface area contributed by atoms with Crippen molar-refractivity contribution < 1.29 is 8.42 Å². The fourth-order valence-corrected chi connectivity index (χ4v) is 4.27. The Morgan fingerprint density at radius 2 is 1.89 bits per heavy atom. The van der Waals surface area contributed by atoms with Gasteiger partial charge >= 0.3 is 0 Å². The van der Waals surface area contributed by atoms with Gasteiger partial charge in [0, 0.05) is 6.04 Å². The summed E-state index contributed by atoms with van der Waals surface area (Å²) in [6.45, 7) is 2.14. The molecule has 0 atom stereocenters. The zero-order chi connectivity index (χ0) is 14.1. The quantitative estimate of drug-likeness (QED) is 0.430. The molecule has 2 rings (SSSR count). The van der Waals surface area contributed by atoms with Crippen molar-refractivity contribution in [2.24, 2.45) is 11.7 Å². The van der Waals surface area contributed by atoms with Crippen molar-refractivity contribution in [2.75, 3.05) is 0 Å². The normalized spacial score (nSPS) is 32.2. The molecule has 0 spiro atoms. The van der Waals surface area contributed by atoms with E-state index in [1.165, 1.54) is 0 Å². The van der Waals surface area contributed by atoms with Crippen LogP contribution in [0.15, 0.2) is 0 Å². The Morgan fingerprint density at radius 1 is 1.32 bits per heavy atom. The van der Waals surface area contributed by atoms with Gasteiger partial charge in [0.25, 0.3) is 10.2 Å². The number of hydrogen-bond acceptors (Lipinski definition) is 3. The van der Waals surface area contributed by atoms with Crippen molar-refractivity contribution >= 4 is 16.0 Å². The highest BCUT2D eigenvalue weighted by Crippen LogP contribution is 2.34. The van der Waals surface area contributed by atoms with E-state index in [2.05, 4.69) is 16.4 Å². The lowest BCUT2D eigenvalue weighted by Gasteiger charge is -2.39. The molecular formula is C12H24N4O2S. The van der Waals surface area contributed by atoms with Crippen LogP contribution in [0.5, 0.6) is 0 Å². The van der Waals surface area contributed by atoms with Gasteiger partial charge in [0.1, 0.15) is 5.84 Å². The summed E-state index contributed by atoms with van der Waals surface area (Å²) in [7, 11) is -3.57. The summed E-state index contributed by atoms with van der Waals surface area (Å²) < 4.78 is 29.3. The van der Waals surface area contributed by atoms with Crippen LogP contribution in [0.4, 0.5) is 0 Å². The number of nitrogens with two attached hydrogens (primary N) is 1. The van der Waals surface area contributed by atoms with E-state index in [0.29, 0.717) is 18.8 Å². The van der Waals surface area contributed by atoms with E-state index >= 15 is 0 Å². The van der Waals surface area contributed by atoms with Crippen molar-refractivity contribution in [1.29, 1.82) is 5.41 Å². The molecule has 0 amide bonds. The minimum Gasteiger partial charge on any atom is -0.386 e. The maximum Gasteiger partial charge on any atom is 0.278 e. The fourth-order valence-electron chi connectivity index (χ4n) is 2.71. The highest BCUT2D eigenvalue weighted by Gasteiger charge is 2.42. The molecule has 6 nitrogen and oxygen atoms in total. The summed E-state index contributed by atoms with van der Waals surface area (Å²) in [5, 5.41) is 7.76.